The van der Waals surface area contributed by atoms with Crippen molar-refractivity contribution in [1.82, 2.24) is 9.78 Å². The van der Waals surface area contributed by atoms with Gasteiger partial charge in [-0.25, -0.2) is 0 Å². The second kappa shape index (κ2) is 6.43. The Hall–Kier alpha value is -2.70. The topological polar surface area (TPSA) is 53.4 Å². The van der Waals surface area contributed by atoms with Crippen molar-refractivity contribution in [1.29, 1.82) is 0 Å². The number of aromatic nitrogens is 2. The summed E-state index contributed by atoms with van der Waals surface area (Å²) in [5, 5.41) is 4.11. The van der Waals surface area contributed by atoms with Gasteiger partial charge in [0.15, 0.2) is 17.3 Å². The Morgan fingerprint density at radius 3 is 2.79 bits per heavy atom. The number of hydrogen-bond acceptors (Lipinski definition) is 4. The van der Waals surface area contributed by atoms with Crippen LogP contribution in [0.4, 0.5) is 8.78 Å². The van der Waals surface area contributed by atoms with E-state index in [9.17, 15) is 13.6 Å². The van der Waals surface area contributed by atoms with E-state index in [1.54, 1.807) is 30.1 Å². The molecule has 0 radical (unpaired) electrons. The summed E-state index contributed by atoms with van der Waals surface area (Å²) in [6.45, 7) is -2.95. The van der Waals surface area contributed by atoms with Crippen LogP contribution in [-0.2, 0) is 13.5 Å². The number of ketones is 1. The molecule has 3 rings (SSSR count). The Kier molecular flexibility index (Phi) is 4.33. The standard InChI is InChI=1S/C17H16F2N2O3/c1-21-13-5-4-11(16(22)12(13)9-20-21)7-10-3-6-14(23-2)15(8-10)24-17(18)19/h3,6-9,17H,4-5H2,1-2H3/b11-7-. The summed E-state index contributed by atoms with van der Waals surface area (Å²) in [7, 11) is 3.18. The van der Waals surface area contributed by atoms with Crippen LogP contribution in [0.15, 0.2) is 30.0 Å². The van der Waals surface area contributed by atoms with Gasteiger partial charge in [-0.15, -0.1) is 0 Å². The molecule has 0 saturated carbocycles. The largest absolute Gasteiger partial charge is 0.493 e. The molecular formula is C17H16F2N2O3. The smallest absolute Gasteiger partial charge is 0.387 e. The third-order valence-corrected chi connectivity index (χ3v) is 3.97. The Balaban J connectivity index is 1.93. The SMILES string of the molecule is COc1ccc(/C=C2/CCc3c(cnn3C)C2=O)cc1OC(F)F. The predicted octanol–water partition coefficient (Wildman–Crippen LogP) is 3.24. The second-order valence-electron chi connectivity index (χ2n) is 5.42. The van der Waals surface area contributed by atoms with Gasteiger partial charge in [-0.2, -0.15) is 13.9 Å². The lowest BCUT2D eigenvalue weighted by molar-refractivity contribution is -0.0512. The molecule has 1 aliphatic rings. The van der Waals surface area contributed by atoms with Gasteiger partial charge in [-0.1, -0.05) is 6.07 Å². The van der Waals surface area contributed by atoms with Gasteiger partial charge in [0.1, 0.15) is 0 Å². The molecule has 0 atom stereocenters. The van der Waals surface area contributed by atoms with E-state index in [1.807, 2.05) is 0 Å². The van der Waals surface area contributed by atoms with Crippen LogP contribution in [-0.4, -0.2) is 29.3 Å². The number of aryl methyl sites for hydroxylation is 1. The summed E-state index contributed by atoms with van der Waals surface area (Å²) in [6, 6.07) is 4.66. The van der Waals surface area contributed by atoms with Crippen molar-refractivity contribution in [2.45, 2.75) is 19.5 Å². The van der Waals surface area contributed by atoms with E-state index in [1.165, 1.54) is 19.2 Å². The second-order valence-corrected chi connectivity index (χ2v) is 5.42. The fraction of sp³-hybridized carbons (Fsp3) is 0.294. The zero-order chi connectivity index (χ0) is 17.3. The summed E-state index contributed by atoms with van der Waals surface area (Å²) >= 11 is 0. The number of fused-ring (bicyclic) bond motifs is 1. The van der Waals surface area contributed by atoms with Gasteiger partial charge in [0.25, 0.3) is 0 Å². The van der Waals surface area contributed by atoms with Gasteiger partial charge in [-0.05, 0) is 36.6 Å². The molecule has 0 amide bonds. The maximum Gasteiger partial charge on any atom is 0.387 e. The fourth-order valence-corrected chi connectivity index (χ4v) is 2.80. The molecule has 0 saturated heterocycles. The van der Waals surface area contributed by atoms with Crippen molar-refractivity contribution in [3.05, 3.63) is 46.8 Å². The van der Waals surface area contributed by atoms with Crippen LogP contribution >= 0.6 is 0 Å². The molecule has 126 valence electrons. The number of nitrogens with zero attached hydrogens (tertiary/aromatic N) is 2. The summed E-state index contributed by atoms with van der Waals surface area (Å²) in [4.78, 5) is 12.5. The van der Waals surface area contributed by atoms with Crippen LogP contribution in [0.2, 0.25) is 0 Å². The van der Waals surface area contributed by atoms with Crippen LogP contribution in [0.1, 0.15) is 28.0 Å². The number of ether oxygens (including phenoxy) is 2. The molecule has 24 heavy (non-hydrogen) atoms. The number of carbonyl (C=O) groups is 1. The van der Waals surface area contributed by atoms with E-state index < -0.39 is 6.61 Å². The minimum absolute atomic E-state index is 0.0628. The monoisotopic (exact) mass is 334 g/mol. The van der Waals surface area contributed by atoms with E-state index in [0.29, 0.717) is 29.5 Å². The number of alkyl halides is 2. The molecule has 1 heterocycles. The molecule has 1 aromatic heterocycles. The van der Waals surface area contributed by atoms with Crippen LogP contribution in [0.3, 0.4) is 0 Å². The van der Waals surface area contributed by atoms with Gasteiger partial charge < -0.3 is 9.47 Å². The molecule has 2 aromatic rings. The lowest BCUT2D eigenvalue weighted by Crippen LogP contribution is -2.15. The summed E-state index contributed by atoms with van der Waals surface area (Å²) in [5.74, 6) is 0.0608. The zero-order valence-electron chi connectivity index (χ0n) is 13.3. The van der Waals surface area contributed by atoms with E-state index in [2.05, 4.69) is 9.84 Å². The zero-order valence-corrected chi connectivity index (χ0v) is 13.3. The molecule has 0 bridgehead atoms. The number of hydrogen-bond donors (Lipinski definition) is 0. The number of methoxy groups -OCH3 is 1. The van der Waals surface area contributed by atoms with Crippen molar-refractivity contribution < 1.29 is 23.0 Å². The van der Waals surface area contributed by atoms with Gasteiger partial charge in [0.05, 0.1) is 18.9 Å². The Labute approximate surface area is 137 Å². The van der Waals surface area contributed by atoms with Crippen molar-refractivity contribution in [2.24, 2.45) is 7.05 Å². The number of halogens is 2. The minimum atomic E-state index is -2.95. The molecule has 0 fully saturated rings. The minimum Gasteiger partial charge on any atom is -0.493 e. The van der Waals surface area contributed by atoms with Crippen molar-refractivity contribution in [2.75, 3.05) is 7.11 Å². The van der Waals surface area contributed by atoms with Crippen LogP contribution in [0.5, 0.6) is 11.5 Å². The maximum absolute atomic E-state index is 12.5. The fourth-order valence-electron chi connectivity index (χ4n) is 2.80. The molecule has 0 N–H and O–H groups in total. The van der Waals surface area contributed by atoms with Gasteiger partial charge in [0.2, 0.25) is 0 Å². The number of Topliss-reactive ketones (excluding diaryl/α,β-unsaturated/α-hetero) is 1. The Morgan fingerprint density at radius 1 is 1.29 bits per heavy atom. The lowest BCUT2D eigenvalue weighted by atomic mass is 9.90. The van der Waals surface area contributed by atoms with Crippen LogP contribution in [0, 0.1) is 0 Å². The van der Waals surface area contributed by atoms with E-state index in [4.69, 9.17) is 4.74 Å². The first-order valence-electron chi connectivity index (χ1n) is 7.38. The summed E-state index contributed by atoms with van der Waals surface area (Å²) < 4.78 is 36.2. The molecule has 1 aromatic carbocycles. The first-order chi connectivity index (χ1) is 11.5. The number of rotatable bonds is 4. The molecular weight excluding hydrogens is 318 g/mol. The van der Waals surface area contributed by atoms with Gasteiger partial charge in [-0.3, -0.25) is 9.48 Å². The highest BCUT2D eigenvalue weighted by Gasteiger charge is 2.25. The quantitative estimate of drug-likeness (QED) is 0.806. The Bertz CT molecular complexity index is 812. The summed E-state index contributed by atoms with van der Waals surface area (Å²) in [5.41, 5.74) is 2.71. The van der Waals surface area contributed by atoms with Crippen molar-refractivity contribution in [3.63, 3.8) is 0 Å². The normalized spacial score (nSPS) is 15.7. The highest BCUT2D eigenvalue weighted by atomic mass is 19.3. The lowest BCUT2D eigenvalue weighted by Gasteiger charge is -2.15. The number of benzene rings is 1. The molecule has 0 unspecified atom stereocenters. The Morgan fingerprint density at radius 2 is 2.08 bits per heavy atom. The summed E-state index contributed by atoms with van der Waals surface area (Å²) in [6.07, 6.45) is 4.53. The molecule has 7 heteroatoms. The number of allylic oxidation sites excluding steroid dienone is 1. The average molecular weight is 334 g/mol. The van der Waals surface area contributed by atoms with E-state index in [0.717, 1.165) is 5.69 Å². The van der Waals surface area contributed by atoms with Crippen LogP contribution < -0.4 is 9.47 Å². The highest BCUT2D eigenvalue weighted by Crippen LogP contribution is 2.32. The highest BCUT2D eigenvalue weighted by molar-refractivity contribution is 6.12. The third-order valence-electron chi connectivity index (χ3n) is 3.97. The first kappa shape index (κ1) is 16.2. The van der Waals surface area contributed by atoms with Crippen molar-refractivity contribution in [3.8, 4) is 11.5 Å². The van der Waals surface area contributed by atoms with Crippen LogP contribution in [0.25, 0.3) is 6.08 Å². The first-order valence-corrected chi connectivity index (χ1v) is 7.38. The van der Waals surface area contributed by atoms with Gasteiger partial charge in [0, 0.05) is 18.3 Å². The van der Waals surface area contributed by atoms with Gasteiger partial charge >= 0.3 is 6.61 Å². The van der Waals surface area contributed by atoms with Crippen molar-refractivity contribution >= 4 is 11.9 Å². The predicted molar refractivity (Wildman–Crippen MR) is 83.5 cm³/mol. The third kappa shape index (κ3) is 3.02. The molecule has 0 aliphatic heterocycles. The van der Waals surface area contributed by atoms with E-state index in [-0.39, 0.29) is 17.3 Å². The molecule has 1 aliphatic carbocycles. The molecule has 0 spiro atoms. The molecule has 5 nitrogen and oxygen atoms in total. The number of carbonyl (C=O) groups excluding carboxylic acids is 1. The maximum atomic E-state index is 12.5. The average Bonchev–Trinajstić information content (AvgIpc) is 2.92. The van der Waals surface area contributed by atoms with E-state index >= 15 is 0 Å².